The van der Waals surface area contributed by atoms with Crippen LogP contribution in [-0.4, -0.2) is 23.4 Å². The lowest BCUT2D eigenvalue weighted by atomic mass is 10.2. The molecule has 0 rings (SSSR count). The fourth-order valence-electron chi connectivity index (χ4n) is 0.705. The van der Waals surface area contributed by atoms with Gasteiger partial charge in [-0.2, -0.15) is 0 Å². The molecule has 0 amide bonds. The van der Waals surface area contributed by atoms with Gasteiger partial charge in [0, 0.05) is 6.61 Å². The monoisotopic (exact) mass is 174 g/mol. The lowest BCUT2D eigenvalue weighted by Crippen LogP contribution is -1.73. The summed E-state index contributed by atoms with van der Waals surface area (Å²) < 4.78 is 0. The molecule has 0 saturated carbocycles. The van der Waals surface area contributed by atoms with Crippen LogP contribution in [0, 0.1) is 0 Å². The molecule has 74 valence electrons. The van der Waals surface area contributed by atoms with Crippen LogP contribution in [0.3, 0.4) is 0 Å². The fraction of sp³-hybridized carbons (Fsp3) is 0.800. The van der Waals surface area contributed by atoms with Gasteiger partial charge in [-0.1, -0.05) is 31.9 Å². The minimum atomic E-state index is 0.187. The quantitative estimate of drug-likeness (QED) is 0.495. The minimum absolute atomic E-state index is 0.187. The number of unbranched alkanes of at least 4 members (excludes halogenated alkanes) is 3. The Balaban J connectivity index is 0. The van der Waals surface area contributed by atoms with E-state index in [0.29, 0.717) is 0 Å². The minimum Gasteiger partial charge on any atom is -0.397 e. The third-order valence-electron chi connectivity index (χ3n) is 1.25. The molecule has 0 fully saturated rings. The average molecular weight is 174 g/mol. The van der Waals surface area contributed by atoms with Crippen molar-refractivity contribution >= 4 is 0 Å². The van der Waals surface area contributed by atoms with Crippen molar-refractivity contribution in [1.29, 1.82) is 0 Å². The van der Waals surface area contributed by atoms with Gasteiger partial charge >= 0.3 is 0 Å². The molecule has 0 unspecified atom stereocenters. The van der Waals surface area contributed by atoms with E-state index in [1.807, 2.05) is 6.08 Å². The van der Waals surface area contributed by atoms with Crippen LogP contribution >= 0.6 is 0 Å². The van der Waals surface area contributed by atoms with Gasteiger partial charge in [0.15, 0.2) is 0 Å². The van der Waals surface area contributed by atoms with Crippen molar-refractivity contribution in [2.75, 3.05) is 13.2 Å². The molecule has 0 aliphatic carbocycles. The zero-order valence-electron chi connectivity index (χ0n) is 8.29. The summed E-state index contributed by atoms with van der Waals surface area (Å²) in [4.78, 5) is 0. The average Bonchev–Trinajstić information content (AvgIpc) is 2.06. The van der Waals surface area contributed by atoms with Gasteiger partial charge in [0.2, 0.25) is 0 Å². The largest absolute Gasteiger partial charge is 0.397 e. The lowest BCUT2D eigenvalue weighted by Gasteiger charge is -1.89. The third kappa shape index (κ3) is 22.6. The van der Waals surface area contributed by atoms with E-state index in [-0.39, 0.29) is 13.2 Å². The summed E-state index contributed by atoms with van der Waals surface area (Å²) in [6.07, 6.45) is 8.79. The second-order valence-electron chi connectivity index (χ2n) is 2.47. The van der Waals surface area contributed by atoms with E-state index < -0.39 is 0 Å². The number of rotatable bonds is 5. The molecule has 0 atom stereocenters. The van der Waals surface area contributed by atoms with Gasteiger partial charge in [-0.3, -0.25) is 0 Å². The van der Waals surface area contributed by atoms with Crippen LogP contribution in [0.2, 0.25) is 0 Å². The molecular weight excluding hydrogens is 152 g/mol. The molecule has 0 bridgehead atoms. The van der Waals surface area contributed by atoms with Crippen LogP contribution < -0.4 is 0 Å². The molecular formula is C10H22O2. The molecule has 0 radical (unpaired) electrons. The Bertz CT molecular complexity index is 79.9. The molecule has 0 aromatic carbocycles. The zero-order chi connectivity index (χ0) is 9.66. The SMILES string of the molecule is CCCCC/C=C/CO.CCO. The molecule has 2 N–H and O–H groups in total. The van der Waals surface area contributed by atoms with Crippen LogP contribution in [0.4, 0.5) is 0 Å². The Morgan fingerprint density at radius 3 is 2.00 bits per heavy atom. The predicted octanol–water partition coefficient (Wildman–Crippen LogP) is 2.11. The first-order valence-corrected chi connectivity index (χ1v) is 4.70. The predicted molar refractivity (Wildman–Crippen MR) is 53.1 cm³/mol. The molecule has 12 heavy (non-hydrogen) atoms. The van der Waals surface area contributed by atoms with Crippen LogP contribution in [0.5, 0.6) is 0 Å². The Morgan fingerprint density at radius 1 is 1.00 bits per heavy atom. The van der Waals surface area contributed by atoms with E-state index >= 15 is 0 Å². The van der Waals surface area contributed by atoms with Crippen molar-refractivity contribution in [3.63, 3.8) is 0 Å². The Hall–Kier alpha value is -0.340. The second kappa shape index (κ2) is 17.0. The highest BCUT2D eigenvalue weighted by molar-refractivity contribution is 4.80. The molecule has 2 nitrogen and oxygen atoms in total. The maximum absolute atomic E-state index is 8.34. The van der Waals surface area contributed by atoms with E-state index in [1.165, 1.54) is 19.3 Å². The highest BCUT2D eigenvalue weighted by Crippen LogP contribution is 1.98. The highest BCUT2D eigenvalue weighted by atomic mass is 16.3. The number of allylic oxidation sites excluding steroid dienone is 1. The maximum atomic E-state index is 8.34. The number of hydrogen-bond acceptors (Lipinski definition) is 2. The Labute approximate surface area is 75.9 Å². The molecule has 0 aliphatic heterocycles. The van der Waals surface area contributed by atoms with Crippen LogP contribution in [-0.2, 0) is 0 Å². The van der Waals surface area contributed by atoms with Crippen LogP contribution in [0.15, 0.2) is 12.2 Å². The summed E-state index contributed by atoms with van der Waals surface area (Å²) in [5.41, 5.74) is 0. The summed E-state index contributed by atoms with van der Waals surface area (Å²) in [7, 11) is 0. The summed E-state index contributed by atoms with van der Waals surface area (Å²) >= 11 is 0. The molecule has 0 heterocycles. The van der Waals surface area contributed by atoms with Crippen molar-refractivity contribution in [3.8, 4) is 0 Å². The van der Waals surface area contributed by atoms with Crippen LogP contribution in [0.1, 0.15) is 39.5 Å². The van der Waals surface area contributed by atoms with Gasteiger partial charge in [-0.15, -0.1) is 0 Å². The lowest BCUT2D eigenvalue weighted by molar-refractivity contribution is 0.318. The Kier molecular flexibility index (Phi) is 20.1. The van der Waals surface area contributed by atoms with E-state index in [9.17, 15) is 0 Å². The van der Waals surface area contributed by atoms with Gasteiger partial charge in [0.25, 0.3) is 0 Å². The normalized spacial score (nSPS) is 9.67. The Morgan fingerprint density at radius 2 is 1.58 bits per heavy atom. The van der Waals surface area contributed by atoms with Crippen molar-refractivity contribution in [2.24, 2.45) is 0 Å². The molecule has 0 spiro atoms. The molecule has 0 saturated heterocycles. The van der Waals surface area contributed by atoms with E-state index in [4.69, 9.17) is 10.2 Å². The van der Waals surface area contributed by atoms with Gasteiger partial charge in [-0.25, -0.2) is 0 Å². The topological polar surface area (TPSA) is 40.5 Å². The maximum Gasteiger partial charge on any atom is 0.0612 e. The van der Waals surface area contributed by atoms with Gasteiger partial charge in [0.1, 0.15) is 0 Å². The summed E-state index contributed by atoms with van der Waals surface area (Å²) in [5, 5.41) is 15.9. The first-order chi connectivity index (χ1) is 5.83. The first-order valence-electron chi connectivity index (χ1n) is 4.70. The van der Waals surface area contributed by atoms with Gasteiger partial charge in [0.05, 0.1) is 6.61 Å². The van der Waals surface area contributed by atoms with Crippen LogP contribution in [0.25, 0.3) is 0 Å². The molecule has 0 aliphatic rings. The molecule has 2 heteroatoms. The fourth-order valence-corrected chi connectivity index (χ4v) is 0.705. The van der Waals surface area contributed by atoms with Crippen molar-refractivity contribution < 1.29 is 10.2 Å². The highest BCUT2D eigenvalue weighted by Gasteiger charge is 1.79. The van der Waals surface area contributed by atoms with Crippen molar-refractivity contribution in [2.45, 2.75) is 39.5 Å². The smallest absolute Gasteiger partial charge is 0.0612 e. The van der Waals surface area contributed by atoms with Crippen molar-refractivity contribution in [3.05, 3.63) is 12.2 Å². The van der Waals surface area contributed by atoms with E-state index in [2.05, 4.69) is 6.92 Å². The number of aliphatic hydroxyl groups is 2. The summed E-state index contributed by atoms with van der Waals surface area (Å²) in [5.74, 6) is 0. The summed E-state index contributed by atoms with van der Waals surface area (Å²) in [6, 6.07) is 0. The van der Waals surface area contributed by atoms with E-state index in [0.717, 1.165) is 6.42 Å². The number of aliphatic hydroxyl groups excluding tert-OH is 2. The standard InChI is InChI=1S/C8H16O.C2H6O/c1-2-3-4-5-6-7-8-9;1-2-3/h6-7,9H,2-5,8H2,1H3;3H,2H2,1H3/b7-6+;. The summed E-state index contributed by atoms with van der Waals surface area (Å²) in [6.45, 7) is 4.31. The van der Waals surface area contributed by atoms with Crippen molar-refractivity contribution in [1.82, 2.24) is 0 Å². The zero-order valence-corrected chi connectivity index (χ0v) is 8.29. The second-order valence-corrected chi connectivity index (χ2v) is 2.47. The van der Waals surface area contributed by atoms with E-state index in [1.54, 1.807) is 13.0 Å². The first kappa shape index (κ1) is 14.2. The third-order valence-corrected chi connectivity index (χ3v) is 1.25. The van der Waals surface area contributed by atoms with Gasteiger partial charge in [-0.05, 0) is 19.8 Å². The molecule has 0 aromatic heterocycles. The molecule has 0 aromatic rings. The van der Waals surface area contributed by atoms with Gasteiger partial charge < -0.3 is 10.2 Å². The number of hydrogen-bond donors (Lipinski definition) is 2.